The number of methoxy groups -OCH3 is 1. The Morgan fingerprint density at radius 1 is 1.08 bits per heavy atom. The van der Waals surface area contributed by atoms with Gasteiger partial charge in [-0.2, -0.15) is 0 Å². The Morgan fingerprint density at radius 2 is 1.85 bits per heavy atom. The summed E-state index contributed by atoms with van der Waals surface area (Å²) in [7, 11) is 1.47. The SMILES string of the molecule is COc1ccc(C(=O)COC(=O)c2ccc3ccccc3c2O)cc1Cl. The molecular formula is C20H15ClO5. The lowest BCUT2D eigenvalue weighted by Gasteiger charge is -2.09. The first kappa shape index (κ1) is 17.8. The number of carbonyl (C=O) groups is 2. The van der Waals surface area contributed by atoms with E-state index in [-0.39, 0.29) is 16.3 Å². The van der Waals surface area contributed by atoms with E-state index in [9.17, 15) is 14.7 Å². The van der Waals surface area contributed by atoms with E-state index in [4.69, 9.17) is 21.1 Å². The molecule has 0 radical (unpaired) electrons. The maximum Gasteiger partial charge on any atom is 0.342 e. The average molecular weight is 371 g/mol. The number of hydrogen-bond donors (Lipinski definition) is 1. The summed E-state index contributed by atoms with van der Waals surface area (Å²) < 4.78 is 10.1. The van der Waals surface area contributed by atoms with Gasteiger partial charge in [-0.05, 0) is 29.7 Å². The summed E-state index contributed by atoms with van der Waals surface area (Å²) >= 11 is 5.99. The second-order valence-corrected chi connectivity index (χ2v) is 5.94. The molecule has 6 heteroatoms. The van der Waals surface area contributed by atoms with Gasteiger partial charge in [-0.3, -0.25) is 4.79 Å². The highest BCUT2D eigenvalue weighted by atomic mass is 35.5. The van der Waals surface area contributed by atoms with Gasteiger partial charge in [-0.1, -0.05) is 41.9 Å². The molecule has 0 aliphatic carbocycles. The van der Waals surface area contributed by atoms with Gasteiger partial charge in [-0.25, -0.2) is 4.79 Å². The van der Waals surface area contributed by atoms with Crippen molar-refractivity contribution in [2.75, 3.05) is 13.7 Å². The van der Waals surface area contributed by atoms with Crippen LogP contribution in [0.1, 0.15) is 20.7 Å². The fourth-order valence-electron chi connectivity index (χ4n) is 2.55. The first-order valence-corrected chi connectivity index (χ1v) is 8.13. The van der Waals surface area contributed by atoms with Crippen LogP contribution in [-0.2, 0) is 4.74 Å². The van der Waals surface area contributed by atoms with Crippen LogP contribution in [-0.4, -0.2) is 30.6 Å². The second kappa shape index (κ2) is 7.45. The van der Waals surface area contributed by atoms with Gasteiger partial charge in [0.2, 0.25) is 0 Å². The summed E-state index contributed by atoms with van der Waals surface area (Å²) in [6.07, 6.45) is 0. The van der Waals surface area contributed by atoms with Gasteiger partial charge < -0.3 is 14.6 Å². The first-order valence-electron chi connectivity index (χ1n) is 7.76. The molecule has 26 heavy (non-hydrogen) atoms. The van der Waals surface area contributed by atoms with Crippen LogP contribution in [0.3, 0.4) is 0 Å². The van der Waals surface area contributed by atoms with E-state index in [1.807, 2.05) is 12.1 Å². The fraction of sp³-hybridized carbons (Fsp3) is 0.100. The average Bonchev–Trinajstić information content (AvgIpc) is 2.66. The predicted molar refractivity (Wildman–Crippen MR) is 98.2 cm³/mol. The molecule has 3 aromatic rings. The number of halogens is 1. The Labute approximate surface area is 154 Å². The summed E-state index contributed by atoms with van der Waals surface area (Å²) in [6.45, 7) is -0.465. The maximum atomic E-state index is 12.2. The lowest BCUT2D eigenvalue weighted by molar-refractivity contribution is 0.0472. The molecule has 0 saturated heterocycles. The molecule has 0 unspecified atom stereocenters. The monoisotopic (exact) mass is 370 g/mol. The van der Waals surface area contributed by atoms with Crippen molar-refractivity contribution in [1.29, 1.82) is 0 Å². The van der Waals surface area contributed by atoms with Crippen LogP contribution in [0, 0.1) is 0 Å². The van der Waals surface area contributed by atoms with Crippen molar-refractivity contribution in [3.05, 3.63) is 70.7 Å². The minimum Gasteiger partial charge on any atom is -0.506 e. The summed E-state index contributed by atoms with van der Waals surface area (Å²) in [4.78, 5) is 24.4. The highest BCUT2D eigenvalue weighted by Crippen LogP contribution is 2.29. The van der Waals surface area contributed by atoms with Crippen molar-refractivity contribution >= 4 is 34.1 Å². The van der Waals surface area contributed by atoms with Crippen molar-refractivity contribution < 1.29 is 24.2 Å². The lowest BCUT2D eigenvalue weighted by atomic mass is 10.1. The molecule has 0 saturated carbocycles. The number of ether oxygens (including phenoxy) is 2. The van der Waals surface area contributed by atoms with E-state index in [1.165, 1.54) is 25.3 Å². The third-order valence-corrected chi connectivity index (χ3v) is 4.22. The lowest BCUT2D eigenvalue weighted by Crippen LogP contribution is -2.14. The number of fused-ring (bicyclic) bond motifs is 1. The van der Waals surface area contributed by atoms with Gasteiger partial charge in [0.15, 0.2) is 12.4 Å². The van der Waals surface area contributed by atoms with Gasteiger partial charge in [0.25, 0.3) is 0 Å². The smallest absolute Gasteiger partial charge is 0.342 e. The molecule has 0 fully saturated rings. The first-order chi connectivity index (χ1) is 12.5. The quantitative estimate of drug-likeness (QED) is 0.537. The summed E-state index contributed by atoms with van der Waals surface area (Å²) in [5.41, 5.74) is 0.301. The molecule has 5 nitrogen and oxygen atoms in total. The minimum absolute atomic E-state index is 0.00395. The van der Waals surface area contributed by atoms with Crippen molar-refractivity contribution in [2.45, 2.75) is 0 Å². The Balaban J connectivity index is 1.73. The number of Topliss-reactive ketones (excluding diaryl/α,β-unsaturated/α-hetero) is 1. The molecule has 1 N–H and O–H groups in total. The van der Waals surface area contributed by atoms with Gasteiger partial charge >= 0.3 is 5.97 Å². The van der Waals surface area contributed by atoms with Crippen LogP contribution in [0.25, 0.3) is 10.8 Å². The van der Waals surface area contributed by atoms with Crippen LogP contribution >= 0.6 is 11.6 Å². The van der Waals surface area contributed by atoms with Crippen LogP contribution < -0.4 is 4.74 Å². The Kier molecular flexibility index (Phi) is 5.09. The number of carbonyl (C=O) groups excluding carboxylic acids is 2. The normalized spacial score (nSPS) is 10.5. The highest BCUT2D eigenvalue weighted by Gasteiger charge is 2.17. The van der Waals surface area contributed by atoms with Crippen LogP contribution in [0.15, 0.2) is 54.6 Å². The van der Waals surface area contributed by atoms with E-state index >= 15 is 0 Å². The van der Waals surface area contributed by atoms with Crippen molar-refractivity contribution in [3.8, 4) is 11.5 Å². The standard InChI is InChI=1S/C20H15ClO5/c1-25-18-9-7-13(10-16(18)21)17(22)11-26-20(24)15-8-6-12-4-2-3-5-14(12)19(15)23/h2-10,23H,11H2,1H3. The van der Waals surface area contributed by atoms with E-state index < -0.39 is 18.4 Å². The molecule has 0 aliphatic rings. The summed E-state index contributed by atoms with van der Waals surface area (Å²) in [6, 6.07) is 14.8. The number of phenols is 1. The number of phenolic OH excluding ortho intramolecular Hbond substituents is 1. The Hall–Kier alpha value is -3.05. The number of esters is 1. The fourth-order valence-corrected chi connectivity index (χ4v) is 2.81. The number of benzene rings is 3. The molecule has 0 heterocycles. The highest BCUT2D eigenvalue weighted by molar-refractivity contribution is 6.32. The van der Waals surface area contributed by atoms with Gasteiger partial charge in [0.1, 0.15) is 17.1 Å². The molecule has 132 valence electrons. The molecular weight excluding hydrogens is 356 g/mol. The number of rotatable bonds is 5. The number of hydrogen-bond acceptors (Lipinski definition) is 5. The molecule has 3 rings (SSSR count). The molecule has 0 bridgehead atoms. The van der Waals surface area contributed by atoms with Crippen LogP contribution in [0.2, 0.25) is 5.02 Å². The van der Waals surface area contributed by atoms with E-state index in [1.54, 1.807) is 24.3 Å². The van der Waals surface area contributed by atoms with Gasteiger partial charge in [-0.15, -0.1) is 0 Å². The molecule has 0 aliphatic heterocycles. The second-order valence-electron chi connectivity index (χ2n) is 5.53. The van der Waals surface area contributed by atoms with Gasteiger partial charge in [0, 0.05) is 10.9 Å². The van der Waals surface area contributed by atoms with Crippen LogP contribution in [0.4, 0.5) is 0 Å². The predicted octanol–water partition coefficient (Wildman–Crippen LogP) is 4.25. The molecule has 0 aromatic heterocycles. The van der Waals surface area contributed by atoms with Crippen molar-refractivity contribution in [1.82, 2.24) is 0 Å². The largest absolute Gasteiger partial charge is 0.506 e. The third-order valence-electron chi connectivity index (χ3n) is 3.93. The zero-order valence-corrected chi connectivity index (χ0v) is 14.6. The molecule has 0 atom stereocenters. The third kappa shape index (κ3) is 3.48. The van der Waals surface area contributed by atoms with Gasteiger partial charge in [0.05, 0.1) is 12.1 Å². The minimum atomic E-state index is -0.777. The number of ketones is 1. The Morgan fingerprint density at radius 3 is 2.58 bits per heavy atom. The zero-order valence-electron chi connectivity index (χ0n) is 13.9. The topological polar surface area (TPSA) is 72.8 Å². The van der Waals surface area contributed by atoms with E-state index in [0.29, 0.717) is 16.7 Å². The van der Waals surface area contributed by atoms with E-state index in [0.717, 1.165) is 5.39 Å². The summed E-state index contributed by atoms with van der Waals surface area (Å²) in [5.74, 6) is -0.918. The molecule has 0 amide bonds. The Bertz CT molecular complexity index is 997. The molecule has 3 aromatic carbocycles. The number of aromatic hydroxyl groups is 1. The van der Waals surface area contributed by atoms with E-state index in [2.05, 4.69) is 0 Å². The maximum absolute atomic E-state index is 12.2. The van der Waals surface area contributed by atoms with Crippen molar-refractivity contribution in [2.24, 2.45) is 0 Å². The zero-order chi connectivity index (χ0) is 18.7. The molecule has 0 spiro atoms. The van der Waals surface area contributed by atoms with Crippen molar-refractivity contribution in [3.63, 3.8) is 0 Å². The van der Waals surface area contributed by atoms with Crippen LogP contribution in [0.5, 0.6) is 11.5 Å². The summed E-state index contributed by atoms with van der Waals surface area (Å²) in [5, 5.41) is 11.9.